The van der Waals surface area contributed by atoms with Crippen molar-refractivity contribution >= 4 is 5.97 Å². The Labute approximate surface area is 124 Å². The fraction of sp³-hybridized carbons (Fsp3) is 0.800. The van der Waals surface area contributed by atoms with Gasteiger partial charge in [-0.15, -0.1) is 0 Å². The predicted octanol–water partition coefficient (Wildman–Crippen LogP) is 2.62. The molecule has 1 saturated carbocycles. The molecule has 1 aromatic heterocycles. The minimum absolute atomic E-state index is 0.347. The summed E-state index contributed by atoms with van der Waals surface area (Å²) in [6.45, 7) is 0.656. The van der Waals surface area contributed by atoms with Gasteiger partial charge >= 0.3 is 5.97 Å². The van der Waals surface area contributed by atoms with Crippen molar-refractivity contribution in [2.45, 2.75) is 57.8 Å². The Morgan fingerprint density at radius 2 is 2.05 bits per heavy atom. The molecule has 0 saturated heterocycles. The van der Waals surface area contributed by atoms with Crippen molar-refractivity contribution in [3.8, 4) is 0 Å². The van der Waals surface area contributed by atoms with E-state index >= 15 is 0 Å². The quantitative estimate of drug-likeness (QED) is 0.615. The van der Waals surface area contributed by atoms with Gasteiger partial charge in [0.05, 0.1) is 5.41 Å². The van der Waals surface area contributed by atoms with Crippen LogP contribution in [0.25, 0.3) is 0 Å². The van der Waals surface area contributed by atoms with Crippen LogP contribution >= 0.6 is 0 Å². The van der Waals surface area contributed by atoms with Crippen molar-refractivity contribution in [2.24, 2.45) is 5.41 Å². The normalized spacial score (nSPS) is 18.3. The topological polar surface area (TPSA) is 85.5 Å². The summed E-state index contributed by atoms with van der Waals surface area (Å²) in [7, 11) is 1.66. The standard InChI is InChI=1S/C15H24N2O4/c1-20-10-6-7-12-16-13(21-17-12)11-15(14(18)19)8-4-2-3-5-9-15/h2-11H2,1H3,(H,18,19). The average Bonchev–Trinajstić information content (AvgIpc) is 2.75. The van der Waals surface area contributed by atoms with Gasteiger partial charge in [0, 0.05) is 26.6 Å². The molecule has 0 aliphatic heterocycles. The highest BCUT2D eigenvalue weighted by Gasteiger charge is 2.40. The highest BCUT2D eigenvalue weighted by Crippen LogP contribution is 2.38. The number of hydrogen-bond donors (Lipinski definition) is 1. The Hall–Kier alpha value is -1.43. The second-order valence-electron chi connectivity index (χ2n) is 5.88. The third-order valence-electron chi connectivity index (χ3n) is 4.26. The molecule has 1 aliphatic carbocycles. The lowest BCUT2D eigenvalue weighted by atomic mass is 9.77. The first-order valence-corrected chi connectivity index (χ1v) is 7.70. The van der Waals surface area contributed by atoms with Crippen molar-refractivity contribution in [1.82, 2.24) is 10.1 Å². The highest BCUT2D eigenvalue weighted by atomic mass is 16.5. The van der Waals surface area contributed by atoms with Crippen LogP contribution in [0.2, 0.25) is 0 Å². The molecule has 6 nitrogen and oxygen atoms in total. The van der Waals surface area contributed by atoms with Crippen LogP contribution in [0, 0.1) is 5.41 Å². The fourth-order valence-corrected chi connectivity index (χ4v) is 3.00. The largest absolute Gasteiger partial charge is 0.481 e. The van der Waals surface area contributed by atoms with Crippen molar-refractivity contribution in [3.05, 3.63) is 11.7 Å². The summed E-state index contributed by atoms with van der Waals surface area (Å²) in [6, 6.07) is 0. The molecule has 1 heterocycles. The Kier molecular flexibility index (Phi) is 5.73. The number of aryl methyl sites for hydroxylation is 1. The Morgan fingerprint density at radius 3 is 2.67 bits per heavy atom. The zero-order valence-electron chi connectivity index (χ0n) is 12.6. The van der Waals surface area contributed by atoms with Gasteiger partial charge in [-0.3, -0.25) is 4.79 Å². The lowest BCUT2D eigenvalue weighted by Crippen LogP contribution is -2.33. The highest BCUT2D eigenvalue weighted by molar-refractivity contribution is 5.74. The van der Waals surface area contributed by atoms with Crippen LogP contribution in [0.5, 0.6) is 0 Å². The molecular weight excluding hydrogens is 272 g/mol. The van der Waals surface area contributed by atoms with E-state index in [0.717, 1.165) is 32.1 Å². The van der Waals surface area contributed by atoms with Gasteiger partial charge in [0.15, 0.2) is 5.82 Å². The minimum atomic E-state index is -0.733. The van der Waals surface area contributed by atoms with Gasteiger partial charge in [-0.25, -0.2) is 0 Å². The number of carboxylic acids is 1. The van der Waals surface area contributed by atoms with Gasteiger partial charge in [0.2, 0.25) is 5.89 Å². The van der Waals surface area contributed by atoms with E-state index in [1.165, 1.54) is 0 Å². The van der Waals surface area contributed by atoms with Gasteiger partial charge in [-0.1, -0.05) is 30.8 Å². The van der Waals surface area contributed by atoms with Gasteiger partial charge < -0.3 is 14.4 Å². The summed E-state index contributed by atoms with van der Waals surface area (Å²) in [5.74, 6) is 0.353. The van der Waals surface area contributed by atoms with Crippen LogP contribution < -0.4 is 0 Å². The molecule has 6 heteroatoms. The maximum Gasteiger partial charge on any atom is 0.310 e. The number of methoxy groups -OCH3 is 1. The number of aliphatic carboxylic acids is 1. The smallest absolute Gasteiger partial charge is 0.310 e. The first kappa shape index (κ1) is 15.9. The molecule has 0 amide bonds. The SMILES string of the molecule is COCCCc1noc(CC2(C(=O)O)CCCCCC2)n1. The van der Waals surface area contributed by atoms with Crippen LogP contribution in [-0.2, 0) is 22.4 Å². The molecule has 0 aromatic carbocycles. The molecule has 2 rings (SSSR count). The van der Waals surface area contributed by atoms with Gasteiger partial charge in [0.25, 0.3) is 0 Å². The van der Waals surface area contributed by atoms with Crippen molar-refractivity contribution in [2.75, 3.05) is 13.7 Å². The Morgan fingerprint density at radius 1 is 1.33 bits per heavy atom. The van der Waals surface area contributed by atoms with Crippen LogP contribution in [0.3, 0.4) is 0 Å². The predicted molar refractivity (Wildman–Crippen MR) is 76.0 cm³/mol. The number of aromatic nitrogens is 2. The first-order chi connectivity index (χ1) is 10.2. The summed E-state index contributed by atoms with van der Waals surface area (Å²) in [4.78, 5) is 16.1. The van der Waals surface area contributed by atoms with Crippen molar-refractivity contribution < 1.29 is 19.2 Å². The number of carboxylic acid groups (broad SMARTS) is 1. The molecule has 1 aliphatic rings. The molecule has 0 radical (unpaired) electrons. The summed E-state index contributed by atoms with van der Waals surface area (Å²) in [5.41, 5.74) is -0.729. The lowest BCUT2D eigenvalue weighted by Gasteiger charge is -2.26. The summed E-state index contributed by atoms with van der Waals surface area (Å²) in [5, 5.41) is 13.6. The Bertz CT molecular complexity index is 450. The maximum atomic E-state index is 11.7. The summed E-state index contributed by atoms with van der Waals surface area (Å²) >= 11 is 0. The van der Waals surface area contributed by atoms with Crippen LogP contribution in [0.1, 0.15) is 56.7 Å². The van der Waals surface area contributed by atoms with Crippen LogP contribution in [-0.4, -0.2) is 34.9 Å². The van der Waals surface area contributed by atoms with E-state index in [9.17, 15) is 9.90 Å². The van der Waals surface area contributed by atoms with Crippen molar-refractivity contribution in [1.29, 1.82) is 0 Å². The van der Waals surface area contributed by atoms with E-state index in [-0.39, 0.29) is 0 Å². The van der Waals surface area contributed by atoms with Gasteiger partial charge in [0.1, 0.15) is 0 Å². The molecule has 118 valence electrons. The van der Waals surface area contributed by atoms with Gasteiger partial charge in [-0.2, -0.15) is 4.98 Å². The van der Waals surface area contributed by atoms with Crippen LogP contribution in [0.15, 0.2) is 4.52 Å². The number of nitrogens with zero attached hydrogens (tertiary/aromatic N) is 2. The maximum absolute atomic E-state index is 11.7. The van der Waals surface area contributed by atoms with E-state index in [0.29, 0.717) is 44.0 Å². The molecule has 21 heavy (non-hydrogen) atoms. The first-order valence-electron chi connectivity index (χ1n) is 7.70. The number of hydrogen-bond acceptors (Lipinski definition) is 5. The third-order valence-corrected chi connectivity index (χ3v) is 4.26. The fourth-order valence-electron chi connectivity index (χ4n) is 3.00. The summed E-state index contributed by atoms with van der Waals surface area (Å²) < 4.78 is 10.2. The molecule has 1 N–H and O–H groups in total. The monoisotopic (exact) mass is 296 g/mol. The van der Waals surface area contributed by atoms with E-state index in [1.807, 2.05) is 0 Å². The molecule has 0 unspecified atom stereocenters. The summed E-state index contributed by atoms with van der Waals surface area (Å²) in [6.07, 6.45) is 7.41. The second-order valence-corrected chi connectivity index (χ2v) is 5.88. The van der Waals surface area contributed by atoms with E-state index in [2.05, 4.69) is 10.1 Å². The van der Waals surface area contributed by atoms with E-state index in [1.54, 1.807) is 7.11 Å². The van der Waals surface area contributed by atoms with E-state index < -0.39 is 11.4 Å². The van der Waals surface area contributed by atoms with E-state index in [4.69, 9.17) is 9.26 Å². The van der Waals surface area contributed by atoms with Crippen molar-refractivity contribution in [3.63, 3.8) is 0 Å². The second kappa shape index (κ2) is 7.54. The number of ether oxygens (including phenoxy) is 1. The lowest BCUT2D eigenvalue weighted by molar-refractivity contribution is -0.150. The minimum Gasteiger partial charge on any atom is -0.481 e. The molecule has 1 aromatic rings. The van der Waals surface area contributed by atoms with Gasteiger partial charge in [-0.05, 0) is 19.3 Å². The molecular formula is C15H24N2O4. The molecule has 1 fully saturated rings. The van der Waals surface area contributed by atoms with Crippen LogP contribution in [0.4, 0.5) is 0 Å². The molecule has 0 atom stereocenters. The number of carbonyl (C=O) groups is 1. The zero-order valence-corrected chi connectivity index (χ0v) is 12.6. The zero-order chi connectivity index (χ0) is 15.1. The Balaban J connectivity index is 2.01. The number of rotatable bonds is 7. The molecule has 0 bridgehead atoms. The molecule has 0 spiro atoms. The third kappa shape index (κ3) is 4.27. The average molecular weight is 296 g/mol.